The Morgan fingerprint density at radius 1 is 1.16 bits per heavy atom. The largest absolute Gasteiger partial charge is 0.352 e. The van der Waals surface area contributed by atoms with Crippen LogP contribution >= 0.6 is 0 Å². The molecule has 1 aliphatic heterocycles. The second kappa shape index (κ2) is 9.02. The number of hydrogen-bond acceptors (Lipinski definition) is 2. The molecule has 0 aliphatic carbocycles. The molecule has 138 valence electrons. The zero-order chi connectivity index (χ0) is 18.3. The highest BCUT2D eigenvalue weighted by Crippen LogP contribution is 2.28. The van der Waals surface area contributed by atoms with E-state index in [2.05, 4.69) is 31.3 Å². The van der Waals surface area contributed by atoms with Gasteiger partial charge in [-0.25, -0.2) is 0 Å². The van der Waals surface area contributed by atoms with E-state index < -0.39 is 0 Å². The Hall–Kier alpha value is -1.84. The fourth-order valence-corrected chi connectivity index (χ4v) is 3.70. The summed E-state index contributed by atoms with van der Waals surface area (Å²) in [5, 5.41) is 3.08. The van der Waals surface area contributed by atoms with Crippen molar-refractivity contribution in [1.29, 1.82) is 0 Å². The number of carbonyl (C=O) groups excluding carboxylic acids is 2. The monoisotopic (exact) mass is 344 g/mol. The Morgan fingerprint density at radius 3 is 2.56 bits per heavy atom. The van der Waals surface area contributed by atoms with Crippen LogP contribution in [0.3, 0.4) is 0 Å². The Bertz CT molecular complexity index is 569. The second-order valence-corrected chi connectivity index (χ2v) is 7.90. The van der Waals surface area contributed by atoms with Gasteiger partial charge in [0, 0.05) is 19.0 Å². The van der Waals surface area contributed by atoms with Gasteiger partial charge in [-0.15, -0.1) is 0 Å². The van der Waals surface area contributed by atoms with Gasteiger partial charge in [0.15, 0.2) is 0 Å². The van der Waals surface area contributed by atoms with Crippen LogP contribution in [-0.4, -0.2) is 35.8 Å². The van der Waals surface area contributed by atoms with Crippen molar-refractivity contribution >= 4 is 11.8 Å². The summed E-state index contributed by atoms with van der Waals surface area (Å²) in [6.45, 7) is 7.34. The number of likely N-dealkylation sites (tertiary alicyclic amines) is 1. The predicted octanol–water partition coefficient (Wildman–Crippen LogP) is 3.65. The van der Waals surface area contributed by atoms with Crippen molar-refractivity contribution in [3.05, 3.63) is 35.9 Å². The van der Waals surface area contributed by atoms with Crippen molar-refractivity contribution < 1.29 is 9.59 Å². The lowest BCUT2D eigenvalue weighted by molar-refractivity contribution is -0.136. The van der Waals surface area contributed by atoms with Crippen LogP contribution in [0.25, 0.3) is 0 Å². The number of carbonyl (C=O) groups is 2. The summed E-state index contributed by atoms with van der Waals surface area (Å²) in [4.78, 5) is 26.3. The normalized spacial score (nSPS) is 17.6. The minimum Gasteiger partial charge on any atom is -0.352 e. The summed E-state index contributed by atoms with van der Waals surface area (Å²) in [5.74, 6) is 0.0670. The minimum atomic E-state index is -0.0507. The van der Waals surface area contributed by atoms with Gasteiger partial charge in [-0.1, -0.05) is 57.0 Å². The van der Waals surface area contributed by atoms with Gasteiger partial charge in [-0.05, 0) is 37.2 Å². The molecule has 0 bridgehead atoms. The van der Waals surface area contributed by atoms with Crippen LogP contribution in [-0.2, 0) is 15.0 Å². The topological polar surface area (TPSA) is 49.4 Å². The maximum Gasteiger partial charge on any atom is 0.239 e. The van der Waals surface area contributed by atoms with E-state index in [1.165, 1.54) is 5.56 Å². The SMILES string of the molecule is CC(CC(C)(C)c1ccccc1)NC(=O)CN1CCCCCCC1=O. The summed E-state index contributed by atoms with van der Waals surface area (Å²) in [6, 6.07) is 10.4. The molecule has 25 heavy (non-hydrogen) atoms. The number of hydrogen-bond donors (Lipinski definition) is 1. The summed E-state index contributed by atoms with van der Waals surface area (Å²) in [5.41, 5.74) is 1.26. The molecule has 1 fully saturated rings. The lowest BCUT2D eigenvalue weighted by Crippen LogP contribution is -2.45. The molecule has 0 saturated carbocycles. The van der Waals surface area contributed by atoms with Gasteiger partial charge in [0.05, 0.1) is 6.54 Å². The minimum absolute atomic E-state index is 0.00963. The van der Waals surface area contributed by atoms with Crippen LogP contribution in [0.2, 0.25) is 0 Å². The molecule has 1 saturated heterocycles. The number of nitrogens with one attached hydrogen (secondary N) is 1. The summed E-state index contributed by atoms with van der Waals surface area (Å²) in [7, 11) is 0. The molecule has 4 nitrogen and oxygen atoms in total. The zero-order valence-electron chi connectivity index (χ0n) is 15.9. The maximum atomic E-state index is 12.4. The second-order valence-electron chi connectivity index (χ2n) is 7.90. The van der Waals surface area contributed by atoms with Crippen molar-refractivity contribution in [3.8, 4) is 0 Å². The molecular weight excluding hydrogens is 312 g/mol. The molecule has 1 aliphatic rings. The van der Waals surface area contributed by atoms with Crippen molar-refractivity contribution in [1.82, 2.24) is 10.2 Å². The van der Waals surface area contributed by atoms with Crippen molar-refractivity contribution in [2.24, 2.45) is 0 Å². The molecule has 0 radical (unpaired) electrons. The molecule has 1 heterocycles. The highest BCUT2D eigenvalue weighted by molar-refractivity contribution is 5.84. The summed E-state index contributed by atoms with van der Waals surface area (Å²) < 4.78 is 0. The standard InChI is InChI=1S/C21H32N2O2/c1-17(15-21(2,3)18-11-7-6-8-12-18)22-19(24)16-23-14-10-5-4-9-13-20(23)25/h6-8,11-12,17H,4-5,9-10,13-16H2,1-3H3,(H,22,24). The first-order valence-corrected chi connectivity index (χ1v) is 9.51. The van der Waals surface area contributed by atoms with Gasteiger partial charge in [-0.3, -0.25) is 9.59 Å². The lowest BCUT2D eigenvalue weighted by Gasteiger charge is -2.30. The summed E-state index contributed by atoms with van der Waals surface area (Å²) in [6.07, 6.45) is 5.64. The van der Waals surface area contributed by atoms with E-state index in [1.807, 2.05) is 25.1 Å². The Morgan fingerprint density at radius 2 is 1.84 bits per heavy atom. The number of benzene rings is 1. The molecule has 1 atom stereocenters. The fraction of sp³-hybridized carbons (Fsp3) is 0.619. The van der Waals surface area contributed by atoms with Crippen LogP contribution < -0.4 is 5.32 Å². The van der Waals surface area contributed by atoms with Gasteiger partial charge >= 0.3 is 0 Å². The first kappa shape index (κ1) is 19.5. The van der Waals surface area contributed by atoms with Gasteiger partial charge in [0.1, 0.15) is 0 Å². The molecule has 1 aromatic carbocycles. The third-order valence-electron chi connectivity index (χ3n) is 5.03. The Kier molecular flexibility index (Phi) is 7.03. The van der Waals surface area contributed by atoms with Crippen molar-refractivity contribution in [3.63, 3.8) is 0 Å². The van der Waals surface area contributed by atoms with Crippen LogP contribution in [0.5, 0.6) is 0 Å². The third-order valence-corrected chi connectivity index (χ3v) is 5.03. The number of nitrogens with zero attached hydrogens (tertiary/aromatic N) is 1. The quantitative estimate of drug-likeness (QED) is 0.856. The zero-order valence-corrected chi connectivity index (χ0v) is 15.9. The van der Waals surface area contributed by atoms with Crippen molar-refractivity contribution in [2.75, 3.05) is 13.1 Å². The van der Waals surface area contributed by atoms with Gasteiger partial charge in [0.25, 0.3) is 0 Å². The number of rotatable bonds is 6. The maximum absolute atomic E-state index is 12.4. The molecule has 1 unspecified atom stereocenters. The van der Waals surface area contributed by atoms with E-state index in [0.29, 0.717) is 13.0 Å². The third kappa shape index (κ3) is 6.18. The first-order chi connectivity index (χ1) is 11.9. The van der Waals surface area contributed by atoms with Crippen LogP contribution in [0.1, 0.15) is 64.9 Å². The van der Waals surface area contributed by atoms with Crippen molar-refractivity contribution in [2.45, 2.75) is 70.8 Å². The molecule has 0 aromatic heterocycles. The highest BCUT2D eigenvalue weighted by atomic mass is 16.2. The van der Waals surface area contributed by atoms with Crippen LogP contribution in [0.4, 0.5) is 0 Å². The lowest BCUT2D eigenvalue weighted by atomic mass is 9.79. The predicted molar refractivity (Wildman–Crippen MR) is 101 cm³/mol. The summed E-state index contributed by atoms with van der Waals surface area (Å²) >= 11 is 0. The Balaban J connectivity index is 1.85. The van der Waals surface area contributed by atoms with Gasteiger partial charge in [-0.2, -0.15) is 0 Å². The first-order valence-electron chi connectivity index (χ1n) is 9.51. The molecule has 4 heteroatoms. The van der Waals surface area contributed by atoms with E-state index in [9.17, 15) is 9.59 Å². The van der Waals surface area contributed by atoms with E-state index >= 15 is 0 Å². The van der Waals surface area contributed by atoms with E-state index in [0.717, 1.165) is 32.1 Å². The van der Waals surface area contributed by atoms with E-state index in [4.69, 9.17) is 0 Å². The average Bonchev–Trinajstić information content (AvgIpc) is 2.55. The molecule has 2 amide bonds. The Labute approximate surface area is 152 Å². The van der Waals surface area contributed by atoms with E-state index in [-0.39, 0.29) is 29.8 Å². The highest BCUT2D eigenvalue weighted by Gasteiger charge is 2.25. The molecule has 0 spiro atoms. The molecular formula is C21H32N2O2. The van der Waals surface area contributed by atoms with Gasteiger partial charge in [0.2, 0.25) is 11.8 Å². The fourth-order valence-electron chi connectivity index (χ4n) is 3.70. The number of amides is 2. The average molecular weight is 344 g/mol. The smallest absolute Gasteiger partial charge is 0.239 e. The van der Waals surface area contributed by atoms with Crippen LogP contribution in [0, 0.1) is 0 Å². The van der Waals surface area contributed by atoms with E-state index in [1.54, 1.807) is 4.90 Å². The van der Waals surface area contributed by atoms with Crippen LogP contribution in [0.15, 0.2) is 30.3 Å². The molecule has 1 N–H and O–H groups in total. The molecule has 2 rings (SSSR count). The van der Waals surface area contributed by atoms with Gasteiger partial charge < -0.3 is 10.2 Å². The molecule has 1 aromatic rings.